The number of aliphatic hydroxyl groups excluding tert-OH is 1. The van der Waals surface area contributed by atoms with Crippen molar-refractivity contribution in [1.29, 1.82) is 0 Å². The second-order valence-electron chi connectivity index (χ2n) is 4.26. The van der Waals surface area contributed by atoms with Gasteiger partial charge >= 0.3 is 0 Å². The Kier molecular flexibility index (Phi) is 5.90. The molecule has 0 aliphatic rings. The van der Waals surface area contributed by atoms with Crippen LogP contribution in [0, 0.1) is 11.2 Å². The molecule has 0 fully saturated rings. The zero-order valence-electron chi connectivity index (χ0n) is 9.21. The van der Waals surface area contributed by atoms with Crippen LogP contribution in [0.2, 0.25) is 0 Å². The van der Waals surface area contributed by atoms with Crippen LogP contribution in [0.15, 0.2) is 22.7 Å². The maximum Gasteiger partial charge on any atom is 0.129 e. The molecule has 3 N–H and O–H groups in total. The number of benzene rings is 1. The van der Waals surface area contributed by atoms with Crippen LogP contribution in [0.5, 0.6) is 0 Å². The van der Waals surface area contributed by atoms with Crippen LogP contribution < -0.4 is 5.73 Å². The van der Waals surface area contributed by atoms with Gasteiger partial charge in [-0.15, -0.1) is 12.4 Å². The molecule has 0 radical (unpaired) electrons. The third-order valence-corrected chi connectivity index (χ3v) is 3.25. The molecule has 92 valence electrons. The molecule has 0 aliphatic heterocycles. The van der Waals surface area contributed by atoms with Gasteiger partial charge in [0.15, 0.2) is 0 Å². The smallest absolute Gasteiger partial charge is 0.129 e. The summed E-state index contributed by atoms with van der Waals surface area (Å²) in [5.74, 6) is -0.349. The minimum absolute atomic E-state index is 0. The van der Waals surface area contributed by atoms with Crippen molar-refractivity contribution in [2.24, 2.45) is 11.1 Å². The molecule has 0 bridgehead atoms. The summed E-state index contributed by atoms with van der Waals surface area (Å²) in [4.78, 5) is 0. The zero-order valence-corrected chi connectivity index (χ0v) is 11.6. The largest absolute Gasteiger partial charge is 0.396 e. The fourth-order valence-electron chi connectivity index (χ4n) is 1.30. The first-order chi connectivity index (χ1) is 6.90. The molecule has 1 atom stereocenters. The summed E-state index contributed by atoms with van der Waals surface area (Å²) in [6.45, 7) is 3.52. The summed E-state index contributed by atoms with van der Waals surface area (Å²) in [6.07, 6.45) is 0. The van der Waals surface area contributed by atoms with Gasteiger partial charge in [0.25, 0.3) is 0 Å². The van der Waals surface area contributed by atoms with Crippen LogP contribution in [0.1, 0.15) is 25.5 Å². The van der Waals surface area contributed by atoms with Gasteiger partial charge in [-0.2, -0.15) is 0 Å². The molecule has 5 heteroatoms. The first-order valence-electron chi connectivity index (χ1n) is 4.70. The van der Waals surface area contributed by atoms with Crippen LogP contribution in [-0.2, 0) is 0 Å². The zero-order chi connectivity index (χ0) is 11.6. The predicted molar refractivity (Wildman–Crippen MR) is 69.1 cm³/mol. The quantitative estimate of drug-likeness (QED) is 0.901. The van der Waals surface area contributed by atoms with E-state index in [9.17, 15) is 9.50 Å². The lowest BCUT2D eigenvalue weighted by molar-refractivity contribution is 0.130. The van der Waals surface area contributed by atoms with E-state index in [1.165, 1.54) is 6.07 Å². The van der Waals surface area contributed by atoms with Crippen molar-refractivity contribution in [2.75, 3.05) is 6.61 Å². The van der Waals surface area contributed by atoms with Gasteiger partial charge in [0.05, 0.1) is 0 Å². The molecule has 1 rings (SSSR count). The van der Waals surface area contributed by atoms with E-state index in [1.807, 2.05) is 0 Å². The van der Waals surface area contributed by atoms with Crippen molar-refractivity contribution in [3.05, 3.63) is 34.1 Å². The Morgan fingerprint density at radius 3 is 2.50 bits per heavy atom. The van der Waals surface area contributed by atoms with Gasteiger partial charge in [-0.05, 0) is 12.1 Å². The Morgan fingerprint density at radius 1 is 1.50 bits per heavy atom. The lowest BCUT2D eigenvalue weighted by atomic mass is 9.81. The Labute approximate surface area is 110 Å². The van der Waals surface area contributed by atoms with Gasteiger partial charge in [0, 0.05) is 28.1 Å². The first-order valence-corrected chi connectivity index (χ1v) is 5.50. The molecular formula is C11H16BrClFNO. The van der Waals surface area contributed by atoms with Crippen LogP contribution in [0.4, 0.5) is 4.39 Å². The van der Waals surface area contributed by atoms with Crippen molar-refractivity contribution in [3.8, 4) is 0 Å². The minimum Gasteiger partial charge on any atom is -0.396 e. The monoisotopic (exact) mass is 311 g/mol. The highest BCUT2D eigenvalue weighted by atomic mass is 79.9. The fourth-order valence-corrected chi connectivity index (χ4v) is 1.89. The summed E-state index contributed by atoms with van der Waals surface area (Å²) < 4.78 is 14.2. The molecule has 0 aliphatic carbocycles. The number of nitrogens with two attached hydrogens (primary N) is 1. The highest BCUT2D eigenvalue weighted by molar-refractivity contribution is 9.10. The summed E-state index contributed by atoms with van der Waals surface area (Å²) in [5.41, 5.74) is 5.82. The van der Waals surface area contributed by atoms with E-state index in [0.717, 1.165) is 0 Å². The topological polar surface area (TPSA) is 46.2 Å². The number of rotatable bonds is 3. The Balaban J connectivity index is 0.00000225. The number of aliphatic hydroxyl groups is 1. The van der Waals surface area contributed by atoms with Crippen molar-refractivity contribution in [3.63, 3.8) is 0 Å². The highest BCUT2D eigenvalue weighted by Crippen LogP contribution is 2.35. The second-order valence-corrected chi connectivity index (χ2v) is 5.11. The maximum atomic E-state index is 13.6. The molecular weight excluding hydrogens is 296 g/mol. The predicted octanol–water partition coefficient (Wildman–Crippen LogP) is 3.03. The van der Waals surface area contributed by atoms with Crippen LogP contribution in [0.25, 0.3) is 0 Å². The molecule has 2 nitrogen and oxygen atoms in total. The molecule has 16 heavy (non-hydrogen) atoms. The Morgan fingerprint density at radius 2 is 2.06 bits per heavy atom. The van der Waals surface area contributed by atoms with E-state index < -0.39 is 11.5 Å². The van der Waals surface area contributed by atoms with Gasteiger partial charge < -0.3 is 10.8 Å². The Bertz CT molecular complexity index is 340. The molecule has 0 heterocycles. The molecule has 1 aromatic rings. The average Bonchev–Trinajstić information content (AvgIpc) is 2.17. The summed E-state index contributed by atoms with van der Waals surface area (Å²) in [5, 5.41) is 9.19. The first kappa shape index (κ1) is 15.8. The third kappa shape index (κ3) is 3.17. The van der Waals surface area contributed by atoms with E-state index in [1.54, 1.807) is 26.0 Å². The SMILES string of the molecule is CC(C)(CO)[C@@H](N)c1c(F)cccc1Br.Cl. The van der Waals surface area contributed by atoms with Crippen LogP contribution in [0.3, 0.4) is 0 Å². The lowest BCUT2D eigenvalue weighted by Crippen LogP contribution is -2.33. The van der Waals surface area contributed by atoms with Crippen molar-refractivity contribution >= 4 is 28.3 Å². The molecule has 0 amide bonds. The van der Waals surface area contributed by atoms with E-state index in [0.29, 0.717) is 10.0 Å². The number of hydrogen-bond acceptors (Lipinski definition) is 2. The van der Waals surface area contributed by atoms with Gasteiger partial charge in [0.2, 0.25) is 0 Å². The Hall–Kier alpha value is -0.160. The number of hydrogen-bond donors (Lipinski definition) is 2. The van der Waals surface area contributed by atoms with Crippen molar-refractivity contribution in [2.45, 2.75) is 19.9 Å². The van der Waals surface area contributed by atoms with Crippen molar-refractivity contribution < 1.29 is 9.50 Å². The molecule has 0 aromatic heterocycles. The van der Waals surface area contributed by atoms with Gasteiger partial charge in [-0.1, -0.05) is 35.8 Å². The highest BCUT2D eigenvalue weighted by Gasteiger charge is 2.30. The summed E-state index contributed by atoms with van der Waals surface area (Å²) >= 11 is 3.27. The van der Waals surface area contributed by atoms with Gasteiger partial charge in [-0.3, -0.25) is 0 Å². The second kappa shape index (κ2) is 5.96. The third-order valence-electron chi connectivity index (χ3n) is 2.56. The normalized spacial score (nSPS) is 13.1. The molecule has 0 saturated heterocycles. The molecule has 0 unspecified atom stereocenters. The average molecular weight is 313 g/mol. The maximum absolute atomic E-state index is 13.6. The van der Waals surface area contributed by atoms with Gasteiger partial charge in [-0.25, -0.2) is 4.39 Å². The van der Waals surface area contributed by atoms with E-state index >= 15 is 0 Å². The molecule has 0 spiro atoms. The van der Waals surface area contributed by atoms with E-state index in [4.69, 9.17) is 5.73 Å². The molecule has 0 saturated carbocycles. The van der Waals surface area contributed by atoms with E-state index in [2.05, 4.69) is 15.9 Å². The fraction of sp³-hybridized carbons (Fsp3) is 0.455. The number of halogens is 3. The lowest BCUT2D eigenvalue weighted by Gasteiger charge is -2.30. The molecule has 1 aromatic carbocycles. The van der Waals surface area contributed by atoms with Crippen molar-refractivity contribution in [1.82, 2.24) is 0 Å². The summed E-state index contributed by atoms with van der Waals surface area (Å²) in [6, 6.07) is 4.18. The minimum atomic E-state index is -0.551. The van der Waals surface area contributed by atoms with Crippen LogP contribution in [-0.4, -0.2) is 11.7 Å². The van der Waals surface area contributed by atoms with Crippen LogP contribution >= 0.6 is 28.3 Å². The summed E-state index contributed by atoms with van der Waals surface area (Å²) in [7, 11) is 0. The van der Waals surface area contributed by atoms with Gasteiger partial charge in [0.1, 0.15) is 5.82 Å². The standard InChI is InChI=1S/C11H15BrFNO.ClH/c1-11(2,6-15)10(14)9-7(12)4-3-5-8(9)13;/h3-5,10,15H,6,14H2,1-2H3;1H/t10-;/m0./s1. The van der Waals surface area contributed by atoms with E-state index in [-0.39, 0.29) is 24.8 Å².